The first-order valence-electron chi connectivity index (χ1n) is 4.93. The molecule has 0 aliphatic heterocycles. The molecule has 0 saturated heterocycles. The summed E-state index contributed by atoms with van der Waals surface area (Å²) < 4.78 is 5.11. The van der Waals surface area contributed by atoms with Gasteiger partial charge in [-0.25, -0.2) is 0 Å². The summed E-state index contributed by atoms with van der Waals surface area (Å²) >= 11 is 0. The molecule has 1 atom stereocenters. The molecule has 1 aromatic carbocycles. The molecule has 0 saturated carbocycles. The number of ether oxygens (including phenoxy) is 1. The zero-order valence-corrected chi connectivity index (χ0v) is 10.7. The lowest BCUT2D eigenvalue weighted by Gasteiger charge is -2.19. The largest absolute Gasteiger partial charge is 0.497 e. The average Bonchev–Trinajstić information content (AvgIpc) is 2.19. The van der Waals surface area contributed by atoms with Crippen LogP contribution in [0.2, 0.25) is 0 Å². The summed E-state index contributed by atoms with van der Waals surface area (Å²) in [4.78, 5) is 2.23. The minimum absolute atomic E-state index is 0. The number of rotatable bonds is 4. The van der Waals surface area contributed by atoms with Gasteiger partial charge in [0, 0.05) is 6.04 Å². The Morgan fingerprint density at radius 2 is 1.73 bits per heavy atom. The molecule has 0 fully saturated rings. The molecule has 15 heavy (non-hydrogen) atoms. The van der Waals surface area contributed by atoms with Crippen molar-refractivity contribution in [1.82, 2.24) is 4.90 Å². The van der Waals surface area contributed by atoms with Gasteiger partial charge < -0.3 is 9.64 Å². The third-order valence-electron chi connectivity index (χ3n) is 2.57. The first-order valence-corrected chi connectivity index (χ1v) is 4.93. The van der Waals surface area contributed by atoms with Crippen LogP contribution in [0.1, 0.15) is 12.5 Å². The Kier molecular flexibility index (Phi) is 6.37. The first-order chi connectivity index (χ1) is 6.63. The van der Waals surface area contributed by atoms with Crippen molar-refractivity contribution in [1.29, 1.82) is 0 Å². The van der Waals surface area contributed by atoms with Crippen LogP contribution >= 0.6 is 12.4 Å². The van der Waals surface area contributed by atoms with Gasteiger partial charge >= 0.3 is 0 Å². The minimum Gasteiger partial charge on any atom is -0.497 e. The maximum atomic E-state index is 5.11. The van der Waals surface area contributed by atoms with Gasteiger partial charge in [-0.05, 0) is 45.1 Å². The van der Waals surface area contributed by atoms with Gasteiger partial charge in [-0.2, -0.15) is 0 Å². The van der Waals surface area contributed by atoms with Gasteiger partial charge in [0.15, 0.2) is 0 Å². The van der Waals surface area contributed by atoms with E-state index in [4.69, 9.17) is 4.74 Å². The Bertz CT molecular complexity index is 271. The van der Waals surface area contributed by atoms with Gasteiger partial charge in [0.25, 0.3) is 0 Å². The van der Waals surface area contributed by atoms with Gasteiger partial charge in [-0.15, -0.1) is 12.4 Å². The number of benzene rings is 1. The van der Waals surface area contributed by atoms with E-state index in [1.807, 2.05) is 12.1 Å². The van der Waals surface area contributed by atoms with Gasteiger partial charge in [-0.3, -0.25) is 0 Å². The van der Waals surface area contributed by atoms with Crippen LogP contribution in [0, 0.1) is 0 Å². The Labute approximate surface area is 98.6 Å². The molecule has 0 spiro atoms. The highest BCUT2D eigenvalue weighted by Gasteiger charge is 2.05. The Hall–Kier alpha value is -0.730. The second-order valence-corrected chi connectivity index (χ2v) is 3.86. The molecule has 0 radical (unpaired) electrons. The van der Waals surface area contributed by atoms with Crippen molar-refractivity contribution in [3.05, 3.63) is 29.8 Å². The molecular formula is C12H20ClNO. The zero-order chi connectivity index (χ0) is 10.6. The summed E-state index contributed by atoms with van der Waals surface area (Å²) in [5.74, 6) is 0.922. The van der Waals surface area contributed by atoms with Crippen LogP contribution in [0.5, 0.6) is 5.75 Å². The smallest absolute Gasteiger partial charge is 0.118 e. The number of methoxy groups -OCH3 is 1. The number of hydrogen-bond acceptors (Lipinski definition) is 2. The van der Waals surface area contributed by atoms with Crippen molar-refractivity contribution in [3.8, 4) is 5.75 Å². The Morgan fingerprint density at radius 1 is 1.20 bits per heavy atom. The first kappa shape index (κ1) is 14.3. The summed E-state index contributed by atoms with van der Waals surface area (Å²) in [6, 6.07) is 8.84. The molecule has 1 aromatic rings. The monoisotopic (exact) mass is 229 g/mol. The van der Waals surface area contributed by atoms with Crippen molar-refractivity contribution < 1.29 is 4.74 Å². The maximum Gasteiger partial charge on any atom is 0.118 e. The molecule has 0 aliphatic carbocycles. The summed E-state index contributed by atoms with van der Waals surface area (Å²) in [6.07, 6.45) is 1.08. The summed E-state index contributed by atoms with van der Waals surface area (Å²) in [5.41, 5.74) is 1.35. The molecule has 2 nitrogen and oxygen atoms in total. The average molecular weight is 230 g/mol. The molecular weight excluding hydrogens is 210 g/mol. The van der Waals surface area contributed by atoms with Gasteiger partial charge in [0.1, 0.15) is 5.75 Å². The van der Waals surface area contributed by atoms with Gasteiger partial charge in [-0.1, -0.05) is 12.1 Å². The molecule has 86 valence electrons. The number of hydrogen-bond donors (Lipinski definition) is 0. The van der Waals surface area contributed by atoms with Crippen LogP contribution in [0.3, 0.4) is 0 Å². The number of nitrogens with zero attached hydrogens (tertiary/aromatic N) is 1. The fourth-order valence-corrected chi connectivity index (χ4v) is 1.29. The van der Waals surface area contributed by atoms with E-state index in [1.165, 1.54) is 5.56 Å². The Balaban J connectivity index is 0.00000196. The van der Waals surface area contributed by atoms with Crippen molar-refractivity contribution in [3.63, 3.8) is 0 Å². The van der Waals surface area contributed by atoms with Gasteiger partial charge in [0.2, 0.25) is 0 Å². The van der Waals surface area contributed by atoms with E-state index in [0.29, 0.717) is 6.04 Å². The highest BCUT2D eigenvalue weighted by atomic mass is 35.5. The molecule has 0 amide bonds. The SMILES string of the molecule is COc1ccc(CC(C)N(C)C)cc1.Cl. The molecule has 0 aliphatic rings. The summed E-state index contributed by atoms with van der Waals surface area (Å²) in [7, 11) is 5.90. The fourth-order valence-electron chi connectivity index (χ4n) is 1.29. The van der Waals surface area contributed by atoms with Crippen LogP contribution in [-0.4, -0.2) is 32.1 Å². The molecule has 0 N–H and O–H groups in total. The fraction of sp³-hybridized carbons (Fsp3) is 0.500. The third-order valence-corrected chi connectivity index (χ3v) is 2.57. The molecule has 0 aromatic heterocycles. The van der Waals surface area contributed by atoms with Crippen LogP contribution in [0.25, 0.3) is 0 Å². The van der Waals surface area contributed by atoms with Crippen LogP contribution in [0.4, 0.5) is 0 Å². The van der Waals surface area contributed by atoms with Crippen molar-refractivity contribution >= 4 is 12.4 Å². The Morgan fingerprint density at radius 3 is 2.13 bits per heavy atom. The predicted octanol–water partition coefficient (Wildman–Crippen LogP) is 2.61. The quantitative estimate of drug-likeness (QED) is 0.787. The molecule has 3 heteroatoms. The van der Waals surface area contributed by atoms with E-state index in [2.05, 4.69) is 38.1 Å². The normalized spacial score (nSPS) is 12.1. The highest BCUT2D eigenvalue weighted by molar-refractivity contribution is 5.85. The predicted molar refractivity (Wildman–Crippen MR) is 67.1 cm³/mol. The lowest BCUT2D eigenvalue weighted by atomic mass is 10.1. The summed E-state index contributed by atoms with van der Waals surface area (Å²) in [6.45, 7) is 2.23. The van der Waals surface area contributed by atoms with Crippen LogP contribution < -0.4 is 4.74 Å². The van der Waals surface area contributed by atoms with Crippen molar-refractivity contribution in [2.75, 3.05) is 21.2 Å². The maximum absolute atomic E-state index is 5.11. The number of likely N-dealkylation sites (N-methyl/N-ethyl adjacent to an activating group) is 1. The van der Waals surface area contributed by atoms with Crippen LogP contribution in [-0.2, 0) is 6.42 Å². The molecule has 0 heterocycles. The minimum atomic E-state index is 0. The molecule has 1 unspecified atom stereocenters. The van der Waals surface area contributed by atoms with Crippen LogP contribution in [0.15, 0.2) is 24.3 Å². The van der Waals surface area contributed by atoms with E-state index in [-0.39, 0.29) is 12.4 Å². The molecule has 1 rings (SSSR count). The summed E-state index contributed by atoms with van der Waals surface area (Å²) in [5, 5.41) is 0. The van der Waals surface area contributed by atoms with Crippen molar-refractivity contribution in [2.24, 2.45) is 0 Å². The lowest BCUT2D eigenvalue weighted by molar-refractivity contribution is 0.312. The van der Waals surface area contributed by atoms with E-state index >= 15 is 0 Å². The topological polar surface area (TPSA) is 12.5 Å². The lowest BCUT2D eigenvalue weighted by Crippen LogP contribution is -2.26. The molecule has 0 bridgehead atoms. The van der Waals surface area contributed by atoms with E-state index in [0.717, 1.165) is 12.2 Å². The van der Waals surface area contributed by atoms with E-state index in [9.17, 15) is 0 Å². The van der Waals surface area contributed by atoms with Crippen molar-refractivity contribution in [2.45, 2.75) is 19.4 Å². The number of halogens is 1. The second-order valence-electron chi connectivity index (χ2n) is 3.86. The standard InChI is InChI=1S/C12H19NO.ClH/c1-10(13(2)3)9-11-5-7-12(14-4)8-6-11;/h5-8,10H,9H2,1-4H3;1H. The highest BCUT2D eigenvalue weighted by Crippen LogP contribution is 2.13. The van der Waals surface area contributed by atoms with E-state index in [1.54, 1.807) is 7.11 Å². The van der Waals surface area contributed by atoms with E-state index < -0.39 is 0 Å². The second kappa shape index (κ2) is 6.70. The third kappa shape index (κ3) is 4.54. The zero-order valence-electron chi connectivity index (χ0n) is 9.86. The van der Waals surface area contributed by atoms with Gasteiger partial charge in [0.05, 0.1) is 7.11 Å².